The van der Waals surface area contributed by atoms with Crippen molar-refractivity contribution in [3.05, 3.63) is 0 Å². The lowest BCUT2D eigenvalue weighted by molar-refractivity contribution is -0.125. The third-order valence-corrected chi connectivity index (χ3v) is 4.28. The van der Waals surface area contributed by atoms with E-state index in [0.29, 0.717) is 0 Å². The maximum Gasteiger partial charge on any atom is 0.237 e. The second-order valence-electron chi connectivity index (χ2n) is 6.05. The number of nitrogens with zero attached hydrogens (tertiary/aromatic N) is 2. The second kappa shape index (κ2) is 11.0. The van der Waals surface area contributed by atoms with Gasteiger partial charge in [0.15, 0.2) is 0 Å². The standard InChI is InChI=1S/C16H34N4O/c1-3-9-18-16(21)15(2)20-12-7-11-19(13-14-20)10-6-4-5-8-17/h15H,3-14,17H2,1-2H3,(H,18,21). The third-order valence-electron chi connectivity index (χ3n) is 4.28. The number of carbonyl (C=O) groups excluding carboxylic acids is 1. The molecule has 5 heteroatoms. The van der Waals surface area contributed by atoms with Crippen molar-refractivity contribution in [2.45, 2.75) is 52.0 Å². The van der Waals surface area contributed by atoms with E-state index in [0.717, 1.165) is 58.5 Å². The summed E-state index contributed by atoms with van der Waals surface area (Å²) in [5.41, 5.74) is 5.53. The zero-order chi connectivity index (χ0) is 15.5. The zero-order valence-electron chi connectivity index (χ0n) is 13.9. The van der Waals surface area contributed by atoms with E-state index in [-0.39, 0.29) is 11.9 Å². The Morgan fingerprint density at radius 3 is 2.71 bits per heavy atom. The van der Waals surface area contributed by atoms with Gasteiger partial charge in [-0.2, -0.15) is 0 Å². The first-order valence-corrected chi connectivity index (χ1v) is 8.63. The summed E-state index contributed by atoms with van der Waals surface area (Å²) >= 11 is 0. The van der Waals surface area contributed by atoms with Gasteiger partial charge < -0.3 is 16.0 Å². The normalized spacial score (nSPS) is 19.2. The van der Waals surface area contributed by atoms with Gasteiger partial charge in [0, 0.05) is 26.2 Å². The van der Waals surface area contributed by atoms with Crippen molar-refractivity contribution in [2.75, 3.05) is 45.8 Å². The molecule has 1 aliphatic heterocycles. The van der Waals surface area contributed by atoms with Gasteiger partial charge in [0.2, 0.25) is 5.91 Å². The lowest BCUT2D eigenvalue weighted by atomic mass is 10.2. The maximum absolute atomic E-state index is 12.1. The van der Waals surface area contributed by atoms with Crippen molar-refractivity contribution in [1.82, 2.24) is 15.1 Å². The highest BCUT2D eigenvalue weighted by atomic mass is 16.2. The van der Waals surface area contributed by atoms with E-state index in [1.54, 1.807) is 0 Å². The fourth-order valence-corrected chi connectivity index (χ4v) is 2.82. The fraction of sp³-hybridized carbons (Fsp3) is 0.938. The summed E-state index contributed by atoms with van der Waals surface area (Å²) in [7, 11) is 0. The Labute approximate surface area is 130 Å². The molecule has 1 amide bonds. The van der Waals surface area contributed by atoms with Gasteiger partial charge in [0.1, 0.15) is 0 Å². The molecule has 5 nitrogen and oxygen atoms in total. The highest BCUT2D eigenvalue weighted by molar-refractivity contribution is 5.81. The predicted octanol–water partition coefficient (Wildman–Crippen LogP) is 1.04. The van der Waals surface area contributed by atoms with Crippen LogP contribution in [0.2, 0.25) is 0 Å². The van der Waals surface area contributed by atoms with Crippen molar-refractivity contribution >= 4 is 5.91 Å². The van der Waals surface area contributed by atoms with Crippen molar-refractivity contribution in [1.29, 1.82) is 0 Å². The lowest BCUT2D eigenvalue weighted by Crippen LogP contribution is -2.46. The Kier molecular flexibility index (Phi) is 9.63. The van der Waals surface area contributed by atoms with Crippen LogP contribution < -0.4 is 11.1 Å². The molecule has 1 aliphatic rings. The lowest BCUT2D eigenvalue weighted by Gasteiger charge is -2.27. The number of nitrogens with one attached hydrogen (secondary N) is 1. The molecule has 1 rings (SSSR count). The minimum atomic E-state index is -0.00580. The number of hydrogen-bond acceptors (Lipinski definition) is 4. The predicted molar refractivity (Wildman–Crippen MR) is 88.3 cm³/mol. The summed E-state index contributed by atoms with van der Waals surface area (Å²) in [5.74, 6) is 0.174. The molecule has 0 aliphatic carbocycles. The van der Waals surface area contributed by atoms with Gasteiger partial charge in [-0.3, -0.25) is 9.69 Å². The molecule has 0 bridgehead atoms. The first-order valence-electron chi connectivity index (χ1n) is 8.63. The monoisotopic (exact) mass is 298 g/mol. The maximum atomic E-state index is 12.1. The van der Waals surface area contributed by atoms with Crippen LogP contribution in [0.4, 0.5) is 0 Å². The number of rotatable bonds is 9. The molecule has 124 valence electrons. The number of carbonyl (C=O) groups is 1. The van der Waals surface area contributed by atoms with E-state index in [2.05, 4.69) is 22.0 Å². The largest absolute Gasteiger partial charge is 0.355 e. The Hall–Kier alpha value is -0.650. The van der Waals surface area contributed by atoms with Crippen molar-refractivity contribution in [2.24, 2.45) is 5.73 Å². The van der Waals surface area contributed by atoms with Crippen LogP contribution in [0.15, 0.2) is 0 Å². The van der Waals surface area contributed by atoms with Crippen molar-refractivity contribution in [3.8, 4) is 0 Å². The number of amides is 1. The molecule has 1 atom stereocenters. The van der Waals surface area contributed by atoms with Crippen molar-refractivity contribution in [3.63, 3.8) is 0 Å². The van der Waals surface area contributed by atoms with E-state index >= 15 is 0 Å². The van der Waals surface area contributed by atoms with Crippen LogP contribution in [0.3, 0.4) is 0 Å². The highest BCUT2D eigenvalue weighted by Crippen LogP contribution is 2.09. The van der Waals surface area contributed by atoms with E-state index in [1.165, 1.54) is 19.4 Å². The second-order valence-corrected chi connectivity index (χ2v) is 6.05. The summed E-state index contributed by atoms with van der Waals surface area (Å²) in [6.07, 6.45) is 5.75. The number of hydrogen-bond donors (Lipinski definition) is 2. The highest BCUT2D eigenvalue weighted by Gasteiger charge is 2.23. The smallest absolute Gasteiger partial charge is 0.237 e. The first-order chi connectivity index (χ1) is 10.2. The number of nitrogens with two attached hydrogens (primary N) is 1. The SMILES string of the molecule is CCCNC(=O)C(C)N1CCCN(CCCCCN)CC1. The molecule has 1 fully saturated rings. The average molecular weight is 298 g/mol. The molecule has 1 heterocycles. The fourth-order valence-electron chi connectivity index (χ4n) is 2.82. The van der Waals surface area contributed by atoms with Crippen LogP contribution in [0.1, 0.15) is 46.0 Å². The minimum absolute atomic E-state index is 0.00580. The third kappa shape index (κ3) is 7.25. The van der Waals surface area contributed by atoms with Gasteiger partial charge in [0.25, 0.3) is 0 Å². The first kappa shape index (κ1) is 18.4. The Morgan fingerprint density at radius 1 is 1.19 bits per heavy atom. The summed E-state index contributed by atoms with van der Waals surface area (Å²) in [5, 5.41) is 3.00. The molecule has 1 saturated heterocycles. The van der Waals surface area contributed by atoms with Gasteiger partial charge in [0.05, 0.1) is 6.04 Å². The molecule has 0 aromatic carbocycles. The minimum Gasteiger partial charge on any atom is -0.355 e. The summed E-state index contributed by atoms with van der Waals surface area (Å²) in [6, 6.07) is -0.00580. The molecule has 21 heavy (non-hydrogen) atoms. The molecule has 0 spiro atoms. The molecule has 0 radical (unpaired) electrons. The Balaban J connectivity index is 2.29. The molecule has 3 N–H and O–H groups in total. The Bertz CT molecular complexity index is 285. The average Bonchev–Trinajstić information content (AvgIpc) is 2.74. The Morgan fingerprint density at radius 2 is 2.00 bits per heavy atom. The molecule has 1 unspecified atom stereocenters. The molecule has 0 saturated carbocycles. The summed E-state index contributed by atoms with van der Waals surface area (Å²) in [6.45, 7) is 11.1. The molecular formula is C16H34N4O. The van der Waals surface area contributed by atoms with E-state index in [4.69, 9.17) is 5.73 Å². The van der Waals surface area contributed by atoms with Crippen LogP contribution >= 0.6 is 0 Å². The zero-order valence-corrected chi connectivity index (χ0v) is 13.9. The van der Waals surface area contributed by atoms with Crippen LogP contribution in [0, 0.1) is 0 Å². The van der Waals surface area contributed by atoms with Gasteiger partial charge in [-0.15, -0.1) is 0 Å². The molecule has 0 aromatic rings. The van der Waals surface area contributed by atoms with Crippen LogP contribution in [0.25, 0.3) is 0 Å². The van der Waals surface area contributed by atoms with Gasteiger partial charge in [-0.1, -0.05) is 13.3 Å². The van der Waals surface area contributed by atoms with Gasteiger partial charge in [-0.05, 0) is 52.2 Å². The van der Waals surface area contributed by atoms with Crippen LogP contribution in [-0.2, 0) is 4.79 Å². The van der Waals surface area contributed by atoms with Gasteiger partial charge >= 0.3 is 0 Å². The molecular weight excluding hydrogens is 264 g/mol. The van der Waals surface area contributed by atoms with E-state index < -0.39 is 0 Å². The van der Waals surface area contributed by atoms with Crippen LogP contribution in [-0.4, -0.2) is 67.6 Å². The van der Waals surface area contributed by atoms with Crippen LogP contribution in [0.5, 0.6) is 0 Å². The quantitative estimate of drug-likeness (QED) is 0.624. The summed E-state index contributed by atoms with van der Waals surface area (Å²) in [4.78, 5) is 16.9. The number of unbranched alkanes of at least 4 members (excludes halogenated alkanes) is 2. The topological polar surface area (TPSA) is 61.6 Å². The molecule has 0 aromatic heterocycles. The van der Waals surface area contributed by atoms with E-state index in [9.17, 15) is 4.79 Å². The van der Waals surface area contributed by atoms with Gasteiger partial charge in [-0.25, -0.2) is 0 Å². The van der Waals surface area contributed by atoms with Crippen molar-refractivity contribution < 1.29 is 4.79 Å². The summed E-state index contributed by atoms with van der Waals surface area (Å²) < 4.78 is 0. The van der Waals surface area contributed by atoms with E-state index in [1.807, 2.05) is 6.92 Å².